The Morgan fingerprint density at radius 3 is 2.29 bits per heavy atom. The van der Waals surface area contributed by atoms with E-state index in [0.717, 1.165) is 17.7 Å². The number of nitrogens with zero attached hydrogens (tertiary/aromatic N) is 1. The van der Waals surface area contributed by atoms with Gasteiger partial charge >= 0.3 is 0 Å². The average Bonchev–Trinajstić information content (AvgIpc) is 2.71. The largest absolute Gasteiger partial charge is 0.352 e. The van der Waals surface area contributed by atoms with Gasteiger partial charge in [0.1, 0.15) is 0 Å². The molecule has 28 heavy (non-hydrogen) atoms. The first-order valence-electron chi connectivity index (χ1n) is 8.56. The number of carbonyl (C=O) groups excluding carboxylic acids is 2. The van der Waals surface area contributed by atoms with Gasteiger partial charge < -0.3 is 10.6 Å². The Labute approximate surface area is 160 Å². The Balaban J connectivity index is 1.61. The van der Waals surface area contributed by atoms with E-state index in [1.165, 1.54) is 24.5 Å². The highest BCUT2D eigenvalue weighted by Gasteiger charge is 2.12. The van der Waals surface area contributed by atoms with Gasteiger partial charge in [-0.25, -0.2) is 8.78 Å². The van der Waals surface area contributed by atoms with Gasteiger partial charge in [-0.1, -0.05) is 30.3 Å². The number of aromatic nitrogens is 1. The summed E-state index contributed by atoms with van der Waals surface area (Å²) < 4.78 is 26.2. The molecule has 0 aliphatic carbocycles. The van der Waals surface area contributed by atoms with Gasteiger partial charge in [0.2, 0.25) is 0 Å². The molecule has 0 bridgehead atoms. The summed E-state index contributed by atoms with van der Waals surface area (Å²) in [7, 11) is 0. The molecule has 0 spiro atoms. The van der Waals surface area contributed by atoms with Gasteiger partial charge in [0, 0.05) is 30.7 Å². The molecule has 2 amide bonds. The normalized spacial score (nSPS) is 10.4. The topological polar surface area (TPSA) is 71.1 Å². The van der Waals surface area contributed by atoms with Crippen molar-refractivity contribution in [2.75, 3.05) is 11.9 Å². The molecule has 142 valence electrons. The van der Waals surface area contributed by atoms with Crippen LogP contribution < -0.4 is 10.6 Å². The highest BCUT2D eigenvalue weighted by atomic mass is 19.2. The van der Waals surface area contributed by atoms with E-state index < -0.39 is 17.5 Å². The molecule has 0 aliphatic heterocycles. The van der Waals surface area contributed by atoms with E-state index in [2.05, 4.69) is 15.6 Å². The monoisotopic (exact) mass is 381 g/mol. The van der Waals surface area contributed by atoms with Crippen LogP contribution >= 0.6 is 0 Å². The Kier molecular flexibility index (Phi) is 6.06. The number of benzene rings is 2. The van der Waals surface area contributed by atoms with E-state index in [0.29, 0.717) is 13.0 Å². The van der Waals surface area contributed by atoms with Gasteiger partial charge in [-0.3, -0.25) is 14.6 Å². The number of pyridine rings is 1. The van der Waals surface area contributed by atoms with E-state index in [-0.39, 0.29) is 22.7 Å². The molecule has 0 unspecified atom stereocenters. The summed E-state index contributed by atoms with van der Waals surface area (Å²) in [6.45, 7) is 0.439. The first-order valence-corrected chi connectivity index (χ1v) is 8.56. The first-order chi connectivity index (χ1) is 13.5. The van der Waals surface area contributed by atoms with Crippen LogP contribution in [0, 0.1) is 11.6 Å². The van der Waals surface area contributed by atoms with Crippen molar-refractivity contribution in [2.45, 2.75) is 6.42 Å². The molecule has 7 heteroatoms. The van der Waals surface area contributed by atoms with Gasteiger partial charge in [-0.05, 0) is 30.2 Å². The summed E-state index contributed by atoms with van der Waals surface area (Å²) in [5.41, 5.74) is 1.55. The summed E-state index contributed by atoms with van der Waals surface area (Å²) in [5.74, 6) is -3.01. The number of halogens is 2. The molecule has 1 aromatic heterocycles. The molecule has 5 nitrogen and oxygen atoms in total. The van der Waals surface area contributed by atoms with Crippen LogP contribution in [0.3, 0.4) is 0 Å². The molecule has 0 fully saturated rings. The minimum Gasteiger partial charge on any atom is -0.352 e. The summed E-state index contributed by atoms with van der Waals surface area (Å²) in [6.07, 6.45) is 3.32. The van der Waals surface area contributed by atoms with Crippen molar-refractivity contribution >= 4 is 17.5 Å². The van der Waals surface area contributed by atoms with E-state index in [1.54, 1.807) is 0 Å². The molecule has 2 aromatic carbocycles. The lowest BCUT2D eigenvalue weighted by Gasteiger charge is -2.08. The number of rotatable bonds is 6. The summed E-state index contributed by atoms with van der Waals surface area (Å²) in [6, 6.07) is 14.1. The quantitative estimate of drug-likeness (QED) is 0.686. The predicted octanol–water partition coefficient (Wildman–Crippen LogP) is 3.58. The molecule has 3 rings (SSSR count). The lowest BCUT2D eigenvalue weighted by molar-refractivity contribution is 0.0953. The standard InChI is InChI=1S/C21H17F2N3O2/c22-18-7-6-17(11-19(18)23)26-21(28)16-10-15(12-24-13-16)20(27)25-9-8-14-4-2-1-3-5-14/h1-7,10-13H,8-9H2,(H,25,27)(H,26,28). The molecular weight excluding hydrogens is 364 g/mol. The lowest BCUT2D eigenvalue weighted by Crippen LogP contribution is -2.26. The number of amides is 2. The third kappa shape index (κ3) is 4.97. The van der Waals surface area contributed by atoms with Crippen molar-refractivity contribution in [3.05, 3.63) is 95.3 Å². The fourth-order valence-corrected chi connectivity index (χ4v) is 2.53. The SMILES string of the molecule is O=C(NCCc1ccccc1)c1cncc(C(=O)Nc2ccc(F)c(F)c2)c1. The summed E-state index contributed by atoms with van der Waals surface area (Å²) in [4.78, 5) is 28.5. The van der Waals surface area contributed by atoms with Crippen LogP contribution in [-0.4, -0.2) is 23.3 Å². The van der Waals surface area contributed by atoms with Crippen molar-refractivity contribution in [2.24, 2.45) is 0 Å². The third-order valence-corrected chi connectivity index (χ3v) is 3.98. The van der Waals surface area contributed by atoms with Crippen LogP contribution in [0.5, 0.6) is 0 Å². The molecule has 1 heterocycles. The Hall–Kier alpha value is -3.61. The zero-order valence-corrected chi connectivity index (χ0v) is 14.8. The van der Waals surface area contributed by atoms with Crippen LogP contribution in [0.4, 0.5) is 14.5 Å². The smallest absolute Gasteiger partial charge is 0.257 e. The maximum Gasteiger partial charge on any atom is 0.257 e. The molecule has 0 atom stereocenters. The van der Waals surface area contributed by atoms with Crippen LogP contribution in [0.25, 0.3) is 0 Å². The van der Waals surface area contributed by atoms with Crippen LogP contribution in [0.2, 0.25) is 0 Å². The highest BCUT2D eigenvalue weighted by molar-refractivity contribution is 6.05. The van der Waals surface area contributed by atoms with Gasteiger partial charge in [0.25, 0.3) is 11.8 Å². The van der Waals surface area contributed by atoms with E-state index in [1.807, 2.05) is 30.3 Å². The molecule has 0 saturated heterocycles. The first kappa shape index (κ1) is 19.2. The van der Waals surface area contributed by atoms with Gasteiger partial charge in [0.15, 0.2) is 11.6 Å². The maximum absolute atomic E-state index is 13.3. The third-order valence-electron chi connectivity index (χ3n) is 3.98. The number of nitrogens with one attached hydrogen (secondary N) is 2. The van der Waals surface area contributed by atoms with E-state index in [9.17, 15) is 18.4 Å². The van der Waals surface area contributed by atoms with Crippen LogP contribution in [-0.2, 0) is 6.42 Å². The zero-order valence-electron chi connectivity index (χ0n) is 14.8. The van der Waals surface area contributed by atoms with Gasteiger partial charge in [0.05, 0.1) is 11.1 Å². The van der Waals surface area contributed by atoms with Crippen LogP contribution in [0.1, 0.15) is 26.3 Å². The Bertz CT molecular complexity index is 994. The fraction of sp³-hybridized carbons (Fsp3) is 0.0952. The van der Waals surface area contributed by atoms with Gasteiger partial charge in [-0.15, -0.1) is 0 Å². The van der Waals surface area contributed by atoms with Crippen molar-refractivity contribution in [1.82, 2.24) is 10.3 Å². The number of carbonyl (C=O) groups is 2. The molecule has 0 saturated carbocycles. The molecule has 3 aromatic rings. The summed E-state index contributed by atoms with van der Waals surface area (Å²) in [5, 5.41) is 5.21. The molecular formula is C21H17F2N3O2. The lowest BCUT2D eigenvalue weighted by atomic mass is 10.1. The van der Waals surface area contributed by atoms with Crippen molar-refractivity contribution in [3.8, 4) is 0 Å². The molecule has 0 aliphatic rings. The number of hydrogen-bond acceptors (Lipinski definition) is 3. The zero-order chi connectivity index (χ0) is 19.9. The van der Waals surface area contributed by atoms with Crippen LogP contribution in [0.15, 0.2) is 67.0 Å². The second-order valence-electron chi connectivity index (χ2n) is 6.04. The molecule has 0 radical (unpaired) electrons. The van der Waals surface area contributed by atoms with E-state index in [4.69, 9.17) is 0 Å². The Morgan fingerprint density at radius 2 is 1.57 bits per heavy atom. The second-order valence-corrected chi connectivity index (χ2v) is 6.04. The number of anilines is 1. The van der Waals surface area contributed by atoms with Gasteiger partial charge in [-0.2, -0.15) is 0 Å². The highest BCUT2D eigenvalue weighted by Crippen LogP contribution is 2.14. The maximum atomic E-state index is 13.3. The van der Waals surface area contributed by atoms with E-state index >= 15 is 0 Å². The Morgan fingerprint density at radius 1 is 0.857 bits per heavy atom. The second kappa shape index (κ2) is 8.85. The molecule has 2 N–H and O–H groups in total. The predicted molar refractivity (Wildman–Crippen MR) is 101 cm³/mol. The van der Waals surface area contributed by atoms with Crippen molar-refractivity contribution in [3.63, 3.8) is 0 Å². The number of hydrogen-bond donors (Lipinski definition) is 2. The van der Waals surface area contributed by atoms with Crippen molar-refractivity contribution < 1.29 is 18.4 Å². The minimum atomic E-state index is -1.07. The average molecular weight is 381 g/mol. The fourth-order valence-electron chi connectivity index (χ4n) is 2.53. The minimum absolute atomic E-state index is 0.0987. The summed E-state index contributed by atoms with van der Waals surface area (Å²) >= 11 is 0. The van der Waals surface area contributed by atoms with Crippen molar-refractivity contribution in [1.29, 1.82) is 0 Å².